The maximum atomic E-state index is 11.6. The largest absolute Gasteiger partial charge is 0.468 e. The molecule has 1 fully saturated rings. The Morgan fingerprint density at radius 2 is 1.90 bits per heavy atom. The Morgan fingerprint density at radius 1 is 1.29 bits per heavy atom. The molecule has 1 aliphatic heterocycles. The molecule has 0 aromatic rings. The minimum Gasteiger partial charge on any atom is -0.468 e. The zero-order valence-electron chi connectivity index (χ0n) is 13.3. The Labute approximate surface area is 131 Å². The van der Waals surface area contributed by atoms with Gasteiger partial charge in [-0.2, -0.15) is 0 Å². The fourth-order valence-electron chi connectivity index (χ4n) is 1.99. The number of rotatable bonds is 5. The van der Waals surface area contributed by atoms with Gasteiger partial charge in [-0.15, -0.1) is 0 Å². The van der Waals surface area contributed by atoms with Crippen LogP contribution in [-0.4, -0.2) is 54.5 Å². The molecule has 0 aromatic heterocycles. The molecule has 1 rings (SSSR count). The molecule has 0 saturated carbocycles. The lowest BCUT2D eigenvalue weighted by Crippen LogP contribution is -2.38. The topological polar surface area (TPSA) is 67.9 Å². The number of hydrogen-bond donors (Lipinski definition) is 1. The van der Waals surface area contributed by atoms with Gasteiger partial charge in [-0.1, -0.05) is 11.9 Å². The molecule has 122 valence electrons. The van der Waals surface area contributed by atoms with Crippen LogP contribution in [0.1, 0.15) is 33.6 Å². The Hall–Kier alpha value is -0.950. The van der Waals surface area contributed by atoms with E-state index in [0.29, 0.717) is 18.2 Å². The first-order chi connectivity index (χ1) is 9.80. The van der Waals surface area contributed by atoms with Crippen LogP contribution in [0, 0.1) is 5.92 Å². The third-order valence-electron chi connectivity index (χ3n) is 3.10. The van der Waals surface area contributed by atoms with Crippen molar-refractivity contribution in [3.8, 4) is 0 Å². The summed E-state index contributed by atoms with van der Waals surface area (Å²) in [7, 11) is 1.40. The van der Waals surface area contributed by atoms with E-state index in [-0.39, 0.29) is 12.1 Å². The Balaban J connectivity index is 2.16. The highest BCUT2D eigenvalue weighted by Crippen LogP contribution is 2.22. The lowest BCUT2D eigenvalue weighted by Gasteiger charge is -2.31. The predicted octanol–water partition coefficient (Wildman–Crippen LogP) is 2.04. The molecule has 0 aromatic carbocycles. The maximum Gasteiger partial charge on any atom is 0.407 e. The first kappa shape index (κ1) is 18.1. The molecule has 0 bridgehead atoms. The van der Waals surface area contributed by atoms with Gasteiger partial charge >= 0.3 is 12.1 Å². The smallest absolute Gasteiger partial charge is 0.407 e. The summed E-state index contributed by atoms with van der Waals surface area (Å²) in [5, 5.41) is 2.82. The highest BCUT2D eigenvalue weighted by molar-refractivity contribution is 7.97. The van der Waals surface area contributed by atoms with E-state index in [0.717, 1.165) is 25.9 Å². The molecule has 0 unspecified atom stereocenters. The summed E-state index contributed by atoms with van der Waals surface area (Å²) >= 11 is 1.51. The SMILES string of the molecule is COC(=O)CSN1CCC(CNC(=O)OC(C)(C)C)CC1. The number of carbonyl (C=O) groups excluding carboxylic acids is 2. The molecule has 21 heavy (non-hydrogen) atoms. The van der Waals surface area contributed by atoms with Crippen molar-refractivity contribution in [1.82, 2.24) is 9.62 Å². The molecule has 0 atom stereocenters. The van der Waals surface area contributed by atoms with Gasteiger partial charge in [0.15, 0.2) is 0 Å². The van der Waals surface area contributed by atoms with E-state index in [1.54, 1.807) is 0 Å². The van der Waals surface area contributed by atoms with Crippen molar-refractivity contribution in [2.24, 2.45) is 5.92 Å². The van der Waals surface area contributed by atoms with Gasteiger partial charge in [0.05, 0.1) is 7.11 Å². The summed E-state index contributed by atoms with van der Waals surface area (Å²) in [6, 6.07) is 0. The summed E-state index contributed by atoms with van der Waals surface area (Å²) < 4.78 is 12.0. The van der Waals surface area contributed by atoms with Gasteiger partial charge in [0.1, 0.15) is 11.4 Å². The van der Waals surface area contributed by atoms with E-state index in [9.17, 15) is 9.59 Å². The van der Waals surface area contributed by atoms with Gasteiger partial charge < -0.3 is 14.8 Å². The lowest BCUT2D eigenvalue weighted by molar-refractivity contribution is -0.137. The van der Waals surface area contributed by atoms with Gasteiger partial charge in [0.25, 0.3) is 0 Å². The monoisotopic (exact) mass is 318 g/mol. The molecule has 6 nitrogen and oxygen atoms in total. The summed E-state index contributed by atoms with van der Waals surface area (Å²) in [4.78, 5) is 22.7. The minimum absolute atomic E-state index is 0.200. The van der Waals surface area contributed by atoms with E-state index in [1.807, 2.05) is 20.8 Å². The van der Waals surface area contributed by atoms with Gasteiger partial charge in [-0.25, -0.2) is 4.79 Å². The summed E-state index contributed by atoms with van der Waals surface area (Å²) in [5.41, 5.74) is -0.460. The third-order valence-corrected chi connectivity index (χ3v) is 4.20. The number of nitrogens with zero attached hydrogens (tertiary/aromatic N) is 1. The first-order valence-electron chi connectivity index (χ1n) is 7.21. The number of carbonyl (C=O) groups is 2. The first-order valence-corrected chi connectivity index (χ1v) is 8.16. The highest BCUT2D eigenvalue weighted by atomic mass is 32.2. The Bertz CT molecular complexity index is 349. The number of methoxy groups -OCH3 is 1. The summed E-state index contributed by atoms with van der Waals surface area (Å²) in [6.45, 7) is 8.03. The zero-order valence-corrected chi connectivity index (χ0v) is 14.1. The van der Waals surface area contributed by atoms with Crippen LogP contribution in [0.4, 0.5) is 4.79 Å². The third kappa shape index (κ3) is 8.16. The molecular formula is C14H26N2O4S. The zero-order chi connectivity index (χ0) is 15.9. The highest BCUT2D eigenvalue weighted by Gasteiger charge is 2.22. The van der Waals surface area contributed by atoms with E-state index >= 15 is 0 Å². The fourth-order valence-corrected chi connectivity index (χ4v) is 2.86. The summed E-state index contributed by atoms with van der Waals surface area (Å²) in [6.07, 6.45) is 1.65. The van der Waals surface area contributed by atoms with Crippen molar-refractivity contribution in [3.63, 3.8) is 0 Å². The van der Waals surface area contributed by atoms with Crippen molar-refractivity contribution in [3.05, 3.63) is 0 Å². The number of ether oxygens (including phenoxy) is 2. The van der Waals surface area contributed by atoms with E-state index in [4.69, 9.17) is 4.74 Å². The number of hydrogen-bond acceptors (Lipinski definition) is 6. The van der Waals surface area contributed by atoms with Crippen molar-refractivity contribution >= 4 is 24.0 Å². The molecule has 0 spiro atoms. The number of amides is 1. The van der Waals surface area contributed by atoms with Crippen LogP contribution in [0.5, 0.6) is 0 Å². The van der Waals surface area contributed by atoms with Crippen LogP contribution < -0.4 is 5.32 Å². The molecule has 1 heterocycles. The van der Waals surface area contributed by atoms with Crippen LogP contribution in [0.3, 0.4) is 0 Å². The Kier molecular flexibility index (Phi) is 7.31. The minimum atomic E-state index is -0.460. The number of esters is 1. The molecule has 1 N–H and O–H groups in total. The normalized spacial score (nSPS) is 17.3. The van der Waals surface area contributed by atoms with Crippen LogP contribution >= 0.6 is 11.9 Å². The quantitative estimate of drug-likeness (QED) is 0.618. The predicted molar refractivity (Wildman–Crippen MR) is 83.0 cm³/mol. The Morgan fingerprint density at radius 3 is 2.43 bits per heavy atom. The van der Waals surface area contributed by atoms with Gasteiger partial charge in [0.2, 0.25) is 0 Å². The van der Waals surface area contributed by atoms with Gasteiger partial charge in [0, 0.05) is 19.6 Å². The van der Waals surface area contributed by atoms with Crippen LogP contribution in [-0.2, 0) is 14.3 Å². The average molecular weight is 318 g/mol. The molecule has 1 saturated heterocycles. The number of piperidine rings is 1. The molecular weight excluding hydrogens is 292 g/mol. The molecule has 0 radical (unpaired) electrons. The average Bonchev–Trinajstić information content (AvgIpc) is 2.41. The van der Waals surface area contributed by atoms with Gasteiger partial charge in [-0.05, 0) is 39.5 Å². The second kappa shape index (κ2) is 8.48. The van der Waals surface area contributed by atoms with Crippen LogP contribution in [0.2, 0.25) is 0 Å². The molecule has 0 aliphatic carbocycles. The van der Waals surface area contributed by atoms with Crippen molar-refractivity contribution < 1.29 is 19.1 Å². The van der Waals surface area contributed by atoms with Gasteiger partial charge in [-0.3, -0.25) is 9.10 Å². The second-order valence-corrected chi connectivity index (χ2v) is 7.17. The second-order valence-electron chi connectivity index (χ2n) is 6.10. The summed E-state index contributed by atoms with van der Waals surface area (Å²) in [5.74, 6) is 0.623. The van der Waals surface area contributed by atoms with E-state index in [2.05, 4.69) is 14.4 Å². The van der Waals surface area contributed by atoms with Crippen molar-refractivity contribution in [2.75, 3.05) is 32.5 Å². The van der Waals surface area contributed by atoms with E-state index in [1.165, 1.54) is 19.1 Å². The van der Waals surface area contributed by atoms with Crippen molar-refractivity contribution in [2.45, 2.75) is 39.2 Å². The van der Waals surface area contributed by atoms with Crippen LogP contribution in [0.15, 0.2) is 0 Å². The molecule has 1 amide bonds. The van der Waals surface area contributed by atoms with Crippen molar-refractivity contribution in [1.29, 1.82) is 0 Å². The molecule has 1 aliphatic rings. The number of alkyl carbamates (subject to hydrolysis) is 1. The maximum absolute atomic E-state index is 11.6. The van der Waals surface area contributed by atoms with E-state index < -0.39 is 5.60 Å². The lowest BCUT2D eigenvalue weighted by atomic mass is 9.98. The van der Waals surface area contributed by atoms with Crippen LogP contribution in [0.25, 0.3) is 0 Å². The number of nitrogens with one attached hydrogen (secondary N) is 1. The standard InChI is InChI=1S/C14H26N2O4S/c1-14(2,3)20-13(18)15-9-11-5-7-16(8-6-11)21-10-12(17)19-4/h11H,5-10H2,1-4H3,(H,15,18). The molecule has 7 heteroatoms. The fraction of sp³-hybridized carbons (Fsp3) is 0.857.